The Morgan fingerprint density at radius 3 is 1.88 bits per heavy atom. The molecule has 0 fully saturated rings. The van der Waals surface area contributed by atoms with Crippen LogP contribution in [0.25, 0.3) is 0 Å². The van der Waals surface area contributed by atoms with E-state index < -0.39 is 12.0 Å². The Morgan fingerprint density at radius 2 is 1.42 bits per heavy atom. The van der Waals surface area contributed by atoms with Crippen LogP contribution in [0.15, 0.2) is 0 Å². The van der Waals surface area contributed by atoms with Gasteiger partial charge < -0.3 is 10.4 Å². The van der Waals surface area contributed by atoms with Crippen molar-refractivity contribution in [2.24, 2.45) is 0 Å². The lowest BCUT2D eigenvalue weighted by molar-refractivity contribution is -0.141. The van der Waals surface area contributed by atoms with Gasteiger partial charge in [-0.15, -0.1) is 0 Å². The summed E-state index contributed by atoms with van der Waals surface area (Å²) < 4.78 is 0. The highest BCUT2D eigenvalue weighted by Crippen LogP contribution is 2.12. The van der Waals surface area contributed by atoms with Gasteiger partial charge in [-0.05, 0) is 24.9 Å². The second-order valence-electron chi connectivity index (χ2n) is 6.53. The summed E-state index contributed by atoms with van der Waals surface area (Å²) in [6, 6.07) is -0.738. The SMILES string of the molecule is CCCCCCCCCCCCCC(=O)N[C@@H](CCSC)C(=O)O. The Balaban J connectivity index is 3.49. The minimum atomic E-state index is -0.934. The van der Waals surface area contributed by atoms with E-state index in [4.69, 9.17) is 5.11 Å². The molecule has 0 aliphatic carbocycles. The molecule has 0 saturated carbocycles. The quantitative estimate of drug-likeness (QED) is 0.358. The number of hydrogen-bond acceptors (Lipinski definition) is 3. The average Bonchev–Trinajstić information content (AvgIpc) is 2.56. The van der Waals surface area contributed by atoms with E-state index in [1.165, 1.54) is 57.8 Å². The fourth-order valence-corrected chi connectivity index (χ4v) is 3.18. The minimum Gasteiger partial charge on any atom is -0.480 e. The first-order valence-corrected chi connectivity index (χ1v) is 11.0. The van der Waals surface area contributed by atoms with Crippen LogP contribution in [-0.2, 0) is 9.59 Å². The number of carboxylic acids is 1. The second kappa shape index (κ2) is 17.1. The molecule has 5 heteroatoms. The lowest BCUT2D eigenvalue weighted by Crippen LogP contribution is -2.41. The molecule has 0 saturated heterocycles. The van der Waals surface area contributed by atoms with E-state index in [0.29, 0.717) is 12.8 Å². The first-order chi connectivity index (χ1) is 11.6. The Labute approximate surface area is 152 Å². The number of carbonyl (C=O) groups is 2. The van der Waals surface area contributed by atoms with Crippen molar-refractivity contribution >= 4 is 23.6 Å². The third-order valence-electron chi connectivity index (χ3n) is 4.25. The number of aliphatic carboxylic acids is 1. The molecule has 0 aromatic rings. The van der Waals surface area contributed by atoms with Gasteiger partial charge in [-0.1, -0.05) is 71.1 Å². The summed E-state index contributed by atoms with van der Waals surface area (Å²) in [6.45, 7) is 2.24. The third-order valence-corrected chi connectivity index (χ3v) is 4.90. The number of carbonyl (C=O) groups excluding carboxylic acids is 1. The van der Waals surface area contributed by atoms with Crippen molar-refractivity contribution < 1.29 is 14.7 Å². The Bertz CT molecular complexity index is 324. The molecule has 4 nitrogen and oxygen atoms in total. The lowest BCUT2D eigenvalue weighted by atomic mass is 10.1. The van der Waals surface area contributed by atoms with Gasteiger partial charge in [-0.2, -0.15) is 11.8 Å². The van der Waals surface area contributed by atoms with Crippen molar-refractivity contribution in [3.05, 3.63) is 0 Å². The molecule has 0 aromatic carbocycles. The molecule has 0 aliphatic heterocycles. The Morgan fingerprint density at radius 1 is 0.917 bits per heavy atom. The van der Waals surface area contributed by atoms with Crippen molar-refractivity contribution in [3.63, 3.8) is 0 Å². The van der Waals surface area contributed by atoms with Gasteiger partial charge in [0.15, 0.2) is 0 Å². The molecule has 142 valence electrons. The molecule has 0 aliphatic rings. The van der Waals surface area contributed by atoms with Crippen LogP contribution < -0.4 is 5.32 Å². The summed E-state index contributed by atoms with van der Waals surface area (Å²) >= 11 is 1.60. The maximum atomic E-state index is 11.8. The number of thioether (sulfide) groups is 1. The van der Waals surface area contributed by atoms with Crippen LogP contribution in [0.1, 0.15) is 90.4 Å². The van der Waals surface area contributed by atoms with Crippen LogP contribution >= 0.6 is 11.8 Å². The molecule has 1 amide bonds. The Kier molecular flexibility index (Phi) is 16.6. The lowest BCUT2D eigenvalue weighted by Gasteiger charge is -2.13. The van der Waals surface area contributed by atoms with Gasteiger partial charge in [-0.3, -0.25) is 4.79 Å². The molecule has 1 atom stereocenters. The number of hydrogen-bond donors (Lipinski definition) is 2. The van der Waals surface area contributed by atoms with Crippen LogP contribution in [0.2, 0.25) is 0 Å². The summed E-state index contributed by atoms with van der Waals surface area (Å²) in [7, 11) is 0. The molecule has 0 unspecified atom stereocenters. The van der Waals surface area contributed by atoms with Gasteiger partial charge in [0.1, 0.15) is 6.04 Å². The highest BCUT2D eigenvalue weighted by atomic mass is 32.2. The van der Waals surface area contributed by atoms with Crippen LogP contribution in [0, 0.1) is 0 Å². The van der Waals surface area contributed by atoms with E-state index in [9.17, 15) is 9.59 Å². The minimum absolute atomic E-state index is 0.126. The van der Waals surface area contributed by atoms with Gasteiger partial charge in [-0.25, -0.2) is 4.79 Å². The number of amides is 1. The number of nitrogens with one attached hydrogen (secondary N) is 1. The number of carboxylic acid groups (broad SMARTS) is 1. The summed E-state index contributed by atoms with van der Waals surface area (Å²) in [5.41, 5.74) is 0. The van der Waals surface area contributed by atoms with E-state index in [1.54, 1.807) is 11.8 Å². The number of rotatable bonds is 17. The molecule has 0 heterocycles. The molecule has 0 bridgehead atoms. The molecule has 0 radical (unpaired) electrons. The van der Waals surface area contributed by atoms with E-state index in [2.05, 4.69) is 12.2 Å². The van der Waals surface area contributed by atoms with Crippen molar-refractivity contribution in [1.82, 2.24) is 5.32 Å². The largest absolute Gasteiger partial charge is 0.480 e. The first kappa shape index (κ1) is 23.3. The van der Waals surface area contributed by atoms with Crippen LogP contribution in [-0.4, -0.2) is 35.0 Å². The monoisotopic (exact) mass is 359 g/mol. The van der Waals surface area contributed by atoms with Gasteiger partial charge in [0.05, 0.1) is 0 Å². The third kappa shape index (κ3) is 14.9. The molecule has 0 aromatic heterocycles. The zero-order chi connectivity index (χ0) is 18.0. The maximum absolute atomic E-state index is 11.8. The highest BCUT2D eigenvalue weighted by molar-refractivity contribution is 7.98. The van der Waals surface area contributed by atoms with Crippen LogP contribution in [0.5, 0.6) is 0 Å². The van der Waals surface area contributed by atoms with E-state index >= 15 is 0 Å². The van der Waals surface area contributed by atoms with Crippen LogP contribution in [0.3, 0.4) is 0 Å². The van der Waals surface area contributed by atoms with Gasteiger partial charge in [0.25, 0.3) is 0 Å². The highest BCUT2D eigenvalue weighted by Gasteiger charge is 2.18. The first-order valence-electron chi connectivity index (χ1n) is 9.63. The normalized spacial score (nSPS) is 12.1. The number of unbranched alkanes of at least 4 members (excludes halogenated alkanes) is 10. The fourth-order valence-electron chi connectivity index (χ4n) is 2.71. The summed E-state index contributed by atoms with van der Waals surface area (Å²) in [5.74, 6) is -0.314. The van der Waals surface area contributed by atoms with Crippen LogP contribution in [0.4, 0.5) is 0 Å². The predicted molar refractivity (Wildman–Crippen MR) is 104 cm³/mol. The van der Waals surface area contributed by atoms with Gasteiger partial charge >= 0.3 is 5.97 Å². The van der Waals surface area contributed by atoms with Crippen molar-refractivity contribution in [2.45, 2.75) is 96.4 Å². The summed E-state index contributed by atoms with van der Waals surface area (Å²) in [4.78, 5) is 22.9. The van der Waals surface area contributed by atoms with E-state index in [1.807, 2.05) is 6.26 Å². The van der Waals surface area contributed by atoms with Crippen molar-refractivity contribution in [1.29, 1.82) is 0 Å². The van der Waals surface area contributed by atoms with Crippen molar-refractivity contribution in [2.75, 3.05) is 12.0 Å². The van der Waals surface area contributed by atoms with Crippen molar-refractivity contribution in [3.8, 4) is 0 Å². The topological polar surface area (TPSA) is 66.4 Å². The van der Waals surface area contributed by atoms with E-state index in [0.717, 1.165) is 18.6 Å². The van der Waals surface area contributed by atoms with Gasteiger partial charge in [0.2, 0.25) is 5.91 Å². The summed E-state index contributed by atoms with van der Waals surface area (Å²) in [6.07, 6.45) is 16.6. The molecular formula is C19H37NO3S. The summed E-state index contributed by atoms with van der Waals surface area (Å²) in [5, 5.41) is 11.7. The molecule has 0 rings (SSSR count). The smallest absolute Gasteiger partial charge is 0.326 e. The average molecular weight is 360 g/mol. The fraction of sp³-hybridized carbons (Fsp3) is 0.895. The zero-order valence-corrected chi connectivity index (χ0v) is 16.5. The van der Waals surface area contributed by atoms with E-state index in [-0.39, 0.29) is 5.91 Å². The Hall–Kier alpha value is -0.710. The predicted octanol–water partition coefficient (Wildman–Crippen LogP) is 5.01. The maximum Gasteiger partial charge on any atom is 0.326 e. The molecule has 24 heavy (non-hydrogen) atoms. The molecule has 2 N–H and O–H groups in total. The molecule has 0 spiro atoms. The van der Waals surface area contributed by atoms with Gasteiger partial charge in [0, 0.05) is 6.42 Å². The second-order valence-corrected chi connectivity index (χ2v) is 7.51. The zero-order valence-electron chi connectivity index (χ0n) is 15.6. The standard InChI is InChI=1S/C19H37NO3S/c1-3-4-5-6-7-8-9-10-11-12-13-14-18(21)20-17(19(22)23)15-16-24-2/h17H,3-16H2,1-2H3,(H,20,21)(H,22,23)/t17-/m0/s1. The molecular weight excluding hydrogens is 322 g/mol.